The molecule has 1 amide bonds. The van der Waals surface area contributed by atoms with Gasteiger partial charge < -0.3 is 5.32 Å². The number of carbonyl (C=O) groups is 1. The van der Waals surface area contributed by atoms with Gasteiger partial charge in [-0.15, -0.1) is 11.3 Å². The van der Waals surface area contributed by atoms with Crippen LogP contribution in [0.2, 0.25) is 0 Å². The zero-order valence-electron chi connectivity index (χ0n) is 10.6. The molecule has 0 bridgehead atoms. The van der Waals surface area contributed by atoms with E-state index < -0.39 is 33.7 Å². The van der Waals surface area contributed by atoms with Crippen molar-refractivity contribution in [1.29, 1.82) is 0 Å². The van der Waals surface area contributed by atoms with Crippen molar-refractivity contribution in [1.82, 2.24) is 5.32 Å². The first-order valence-corrected chi connectivity index (χ1v) is 6.81. The molecule has 5 nitrogen and oxygen atoms in total. The number of hydrogen-bond acceptors (Lipinski definition) is 4. The summed E-state index contributed by atoms with van der Waals surface area (Å²) < 4.78 is 27.0. The van der Waals surface area contributed by atoms with Gasteiger partial charge in [-0.1, -0.05) is 6.07 Å². The second kappa shape index (κ2) is 6.40. The van der Waals surface area contributed by atoms with Crippen molar-refractivity contribution in [3.8, 4) is 0 Å². The van der Waals surface area contributed by atoms with E-state index in [0.717, 1.165) is 4.88 Å². The summed E-state index contributed by atoms with van der Waals surface area (Å²) in [5.74, 6) is -3.26. The topological polar surface area (TPSA) is 72.2 Å². The molecule has 0 fully saturated rings. The van der Waals surface area contributed by atoms with Gasteiger partial charge in [-0.3, -0.25) is 14.9 Å². The molecular weight excluding hydrogens is 302 g/mol. The quantitative estimate of drug-likeness (QED) is 0.681. The lowest BCUT2D eigenvalue weighted by Crippen LogP contribution is -2.26. The highest BCUT2D eigenvalue weighted by atomic mass is 32.1. The Bertz CT molecular complexity index is 674. The van der Waals surface area contributed by atoms with Gasteiger partial charge >= 0.3 is 5.69 Å². The number of nitro benzene ring substituents is 1. The molecule has 0 saturated carbocycles. The van der Waals surface area contributed by atoms with Gasteiger partial charge in [0.2, 0.25) is 5.82 Å². The summed E-state index contributed by atoms with van der Waals surface area (Å²) in [5, 5.41) is 14.9. The van der Waals surface area contributed by atoms with E-state index in [-0.39, 0.29) is 6.54 Å². The van der Waals surface area contributed by atoms with E-state index >= 15 is 0 Å². The third-order valence-electron chi connectivity index (χ3n) is 2.70. The van der Waals surface area contributed by atoms with E-state index in [1.54, 1.807) is 0 Å². The Hall–Kier alpha value is -2.35. The van der Waals surface area contributed by atoms with E-state index in [0.29, 0.717) is 18.6 Å². The van der Waals surface area contributed by atoms with Crippen molar-refractivity contribution in [2.75, 3.05) is 6.54 Å². The van der Waals surface area contributed by atoms with E-state index in [4.69, 9.17) is 0 Å². The number of hydrogen-bond donors (Lipinski definition) is 1. The Kier molecular flexibility index (Phi) is 4.59. The molecule has 21 heavy (non-hydrogen) atoms. The average Bonchev–Trinajstić information content (AvgIpc) is 2.93. The fourth-order valence-corrected chi connectivity index (χ4v) is 2.43. The summed E-state index contributed by atoms with van der Waals surface area (Å²) in [7, 11) is 0. The van der Waals surface area contributed by atoms with Gasteiger partial charge in [0, 0.05) is 11.4 Å². The van der Waals surface area contributed by atoms with Crippen LogP contribution in [0.25, 0.3) is 0 Å². The first kappa shape index (κ1) is 15.0. The minimum Gasteiger partial charge on any atom is -0.352 e. The maximum atomic E-state index is 13.8. The van der Waals surface area contributed by atoms with Crippen LogP contribution in [-0.2, 0) is 6.42 Å². The molecule has 2 aromatic rings. The van der Waals surface area contributed by atoms with Crippen molar-refractivity contribution in [3.63, 3.8) is 0 Å². The number of carbonyl (C=O) groups excluding carboxylic acids is 1. The van der Waals surface area contributed by atoms with E-state index in [1.165, 1.54) is 11.3 Å². The first-order chi connectivity index (χ1) is 9.99. The molecule has 2 rings (SSSR count). The Balaban J connectivity index is 2.10. The van der Waals surface area contributed by atoms with Gasteiger partial charge in [0.1, 0.15) is 5.82 Å². The molecule has 0 aliphatic heterocycles. The van der Waals surface area contributed by atoms with Gasteiger partial charge in [0.15, 0.2) is 0 Å². The predicted octanol–water partition coefficient (Wildman–Crippen LogP) is 2.91. The second-order valence-electron chi connectivity index (χ2n) is 4.13. The molecule has 0 radical (unpaired) electrons. The SMILES string of the molecule is O=C(NCCc1cccs1)c1cc(F)cc([N+](=O)[O-])c1F. The molecule has 1 heterocycles. The highest BCUT2D eigenvalue weighted by molar-refractivity contribution is 7.09. The third kappa shape index (κ3) is 3.60. The number of nitrogens with zero attached hydrogens (tertiary/aromatic N) is 1. The van der Waals surface area contributed by atoms with Crippen LogP contribution in [0, 0.1) is 21.7 Å². The van der Waals surface area contributed by atoms with Crippen molar-refractivity contribution < 1.29 is 18.5 Å². The highest BCUT2D eigenvalue weighted by Gasteiger charge is 2.23. The van der Waals surface area contributed by atoms with Crippen molar-refractivity contribution in [2.24, 2.45) is 0 Å². The number of benzene rings is 1. The van der Waals surface area contributed by atoms with E-state index in [9.17, 15) is 23.7 Å². The zero-order chi connectivity index (χ0) is 15.4. The molecule has 1 aromatic carbocycles. The molecule has 0 aliphatic carbocycles. The van der Waals surface area contributed by atoms with Gasteiger partial charge in [0.25, 0.3) is 5.91 Å². The van der Waals surface area contributed by atoms with Gasteiger partial charge in [-0.05, 0) is 23.9 Å². The van der Waals surface area contributed by atoms with E-state index in [1.807, 2.05) is 17.5 Å². The summed E-state index contributed by atoms with van der Waals surface area (Å²) in [4.78, 5) is 22.3. The third-order valence-corrected chi connectivity index (χ3v) is 3.63. The van der Waals surface area contributed by atoms with Crippen LogP contribution in [-0.4, -0.2) is 17.4 Å². The summed E-state index contributed by atoms with van der Waals surface area (Å²) in [5.41, 5.74) is -1.73. The Morgan fingerprint density at radius 2 is 2.14 bits per heavy atom. The van der Waals surface area contributed by atoms with E-state index in [2.05, 4.69) is 5.32 Å². The fourth-order valence-electron chi connectivity index (χ4n) is 1.72. The lowest BCUT2D eigenvalue weighted by molar-refractivity contribution is -0.387. The molecule has 0 spiro atoms. The summed E-state index contributed by atoms with van der Waals surface area (Å²) in [6.07, 6.45) is 0.544. The number of halogens is 2. The van der Waals surface area contributed by atoms with Crippen molar-refractivity contribution in [3.05, 3.63) is 61.8 Å². The predicted molar refractivity (Wildman–Crippen MR) is 73.4 cm³/mol. The maximum absolute atomic E-state index is 13.8. The molecule has 1 aromatic heterocycles. The molecule has 110 valence electrons. The van der Waals surface area contributed by atoms with Crippen molar-refractivity contribution in [2.45, 2.75) is 6.42 Å². The maximum Gasteiger partial charge on any atom is 0.308 e. The number of nitro groups is 1. The molecule has 0 aliphatic rings. The van der Waals surface area contributed by atoms with Gasteiger partial charge in [0.05, 0.1) is 16.6 Å². The van der Waals surface area contributed by atoms with Crippen LogP contribution in [0.3, 0.4) is 0 Å². The monoisotopic (exact) mass is 312 g/mol. The van der Waals surface area contributed by atoms with Gasteiger partial charge in [-0.25, -0.2) is 4.39 Å². The fraction of sp³-hybridized carbons (Fsp3) is 0.154. The Labute approximate surface area is 122 Å². The van der Waals surface area contributed by atoms with Crippen LogP contribution >= 0.6 is 11.3 Å². The molecule has 0 unspecified atom stereocenters. The lowest BCUT2D eigenvalue weighted by atomic mass is 10.1. The lowest BCUT2D eigenvalue weighted by Gasteiger charge is -2.06. The highest BCUT2D eigenvalue weighted by Crippen LogP contribution is 2.22. The number of thiophene rings is 1. The smallest absolute Gasteiger partial charge is 0.308 e. The minimum absolute atomic E-state index is 0.225. The van der Waals surface area contributed by atoms with Crippen LogP contribution < -0.4 is 5.32 Å². The Morgan fingerprint density at radius 3 is 2.76 bits per heavy atom. The molecule has 1 N–H and O–H groups in total. The molecule has 0 saturated heterocycles. The van der Waals surface area contributed by atoms with Crippen LogP contribution in [0.4, 0.5) is 14.5 Å². The molecule has 8 heteroatoms. The standard InChI is InChI=1S/C13H10F2N2O3S/c14-8-6-10(12(15)11(7-8)17(19)20)13(18)16-4-3-9-2-1-5-21-9/h1-2,5-7H,3-4H2,(H,16,18). The summed E-state index contributed by atoms with van der Waals surface area (Å²) in [6, 6.07) is 4.82. The van der Waals surface area contributed by atoms with Crippen LogP contribution in [0.15, 0.2) is 29.6 Å². The average molecular weight is 312 g/mol. The normalized spacial score (nSPS) is 10.4. The van der Waals surface area contributed by atoms with Crippen LogP contribution in [0.5, 0.6) is 0 Å². The van der Waals surface area contributed by atoms with Gasteiger partial charge in [-0.2, -0.15) is 4.39 Å². The number of rotatable bonds is 5. The number of amides is 1. The zero-order valence-corrected chi connectivity index (χ0v) is 11.5. The summed E-state index contributed by atoms with van der Waals surface area (Å²) in [6.45, 7) is 0.225. The molecular formula is C13H10F2N2O3S. The largest absolute Gasteiger partial charge is 0.352 e. The first-order valence-electron chi connectivity index (χ1n) is 5.93. The minimum atomic E-state index is -1.34. The molecule has 0 atom stereocenters. The number of nitrogens with one attached hydrogen (secondary N) is 1. The Morgan fingerprint density at radius 1 is 1.38 bits per heavy atom. The second-order valence-corrected chi connectivity index (χ2v) is 5.16. The van der Waals surface area contributed by atoms with Crippen LogP contribution in [0.1, 0.15) is 15.2 Å². The van der Waals surface area contributed by atoms with Crippen molar-refractivity contribution >= 4 is 22.9 Å². The summed E-state index contributed by atoms with van der Waals surface area (Å²) >= 11 is 1.51.